The minimum absolute atomic E-state index is 0.133. The Morgan fingerprint density at radius 3 is 1.58 bits per heavy atom. The third kappa shape index (κ3) is 3.82. The molecule has 0 amide bonds. The number of halogens is 11. The van der Waals surface area contributed by atoms with E-state index in [1.165, 1.54) is 0 Å². The second-order valence-corrected chi connectivity index (χ2v) is 11.0. The van der Waals surface area contributed by atoms with E-state index in [1.54, 1.807) is 0 Å². The Morgan fingerprint density at radius 2 is 0.980 bits per heavy atom. The zero-order valence-electron chi connectivity index (χ0n) is 23.8. The highest BCUT2D eigenvalue weighted by atomic mass is 19.2. The summed E-state index contributed by atoms with van der Waals surface area (Å²) in [7, 11) is -2.23. The van der Waals surface area contributed by atoms with Gasteiger partial charge in [0.05, 0.1) is 0 Å². The first-order valence-corrected chi connectivity index (χ1v) is 13.9. The van der Waals surface area contributed by atoms with Gasteiger partial charge in [-0.05, 0) is 36.4 Å². The average Bonchev–Trinajstić information content (AvgIpc) is 3.67. The van der Waals surface area contributed by atoms with Gasteiger partial charge in [0.1, 0.15) is 22.5 Å². The lowest BCUT2D eigenvalue weighted by Crippen LogP contribution is -2.52. The highest BCUT2D eigenvalue weighted by Crippen LogP contribution is 2.42. The maximum atomic E-state index is 15.2. The van der Waals surface area contributed by atoms with E-state index in [0.717, 1.165) is 15.0 Å². The minimum Gasteiger partial charge on any atom is -0.518 e. The number of hydrogen-bond donors (Lipinski definition) is 0. The molecule has 0 saturated carbocycles. The molecule has 4 aromatic carbocycles. The van der Waals surface area contributed by atoms with Gasteiger partial charge in [0.2, 0.25) is 29.1 Å². The number of amidine groups is 2. The van der Waals surface area contributed by atoms with E-state index in [0.29, 0.717) is 30.3 Å². The molecular weight excluding hydrogens is 692 g/mol. The summed E-state index contributed by atoms with van der Waals surface area (Å²) in [6, 6.07) is 4.03. The molecule has 0 fully saturated rings. The summed E-state index contributed by atoms with van der Waals surface area (Å²) in [6.07, 6.45) is 0. The van der Waals surface area contributed by atoms with Gasteiger partial charge in [-0.25, -0.2) is 54.5 Å². The normalized spacial score (nSPS) is 14.0. The molecule has 5 heterocycles. The molecule has 2 aromatic heterocycles. The van der Waals surface area contributed by atoms with E-state index < -0.39 is 105 Å². The number of rotatable bonds is 2. The number of aromatic nitrogens is 2. The van der Waals surface area contributed by atoms with E-state index >= 15 is 8.78 Å². The van der Waals surface area contributed by atoms with Crippen LogP contribution in [0.4, 0.5) is 59.9 Å². The van der Waals surface area contributed by atoms with E-state index in [-0.39, 0.29) is 38.5 Å². The Morgan fingerprint density at radius 1 is 0.500 bits per heavy atom. The summed E-state index contributed by atoms with van der Waals surface area (Å²) in [5.74, 6) is -21.6. The number of fused-ring (bicyclic) bond motifs is 10. The van der Waals surface area contributed by atoms with Crippen molar-refractivity contribution in [2.45, 2.75) is 0 Å². The Bertz CT molecular complexity index is 2850. The molecule has 0 N–H and O–H groups in total. The monoisotopic (exact) mass is 698 g/mol. The Hall–Kier alpha value is -6.23. The van der Waals surface area contributed by atoms with Crippen LogP contribution in [0.25, 0.3) is 21.5 Å². The quantitative estimate of drug-likeness (QED) is 0.0942. The van der Waals surface area contributed by atoms with Gasteiger partial charge in [-0.15, -0.1) is 0 Å². The fourth-order valence-corrected chi connectivity index (χ4v) is 6.08. The van der Waals surface area contributed by atoms with Crippen LogP contribution in [0.5, 0.6) is 5.75 Å². The third-order valence-electron chi connectivity index (χ3n) is 8.30. The Kier molecular flexibility index (Phi) is 5.92. The topological polar surface area (TPSA) is 68.5 Å². The molecule has 246 valence electrons. The lowest BCUT2D eigenvalue weighted by atomic mass is 9.97. The van der Waals surface area contributed by atoms with Crippen LogP contribution >= 0.6 is 0 Å². The predicted octanol–water partition coefficient (Wildman–Crippen LogP) is 6.04. The molecule has 0 spiro atoms. The summed E-state index contributed by atoms with van der Waals surface area (Å²) in [6.45, 7) is 0. The highest BCUT2D eigenvalue weighted by molar-refractivity contribution is 6.52. The summed E-state index contributed by atoms with van der Waals surface area (Å²) in [4.78, 5) is 17.1. The number of aliphatic imine (C=N–C) groups is 3. The van der Waals surface area contributed by atoms with Gasteiger partial charge in [-0.2, -0.15) is 13.8 Å². The van der Waals surface area contributed by atoms with Crippen LogP contribution in [-0.4, -0.2) is 33.7 Å². The predicted molar refractivity (Wildman–Crippen MR) is 153 cm³/mol. The van der Waals surface area contributed by atoms with Gasteiger partial charge in [0, 0.05) is 38.5 Å². The first kappa shape index (κ1) is 29.9. The molecule has 0 saturated heterocycles. The summed E-state index contributed by atoms with van der Waals surface area (Å²) < 4.78 is 168. The number of hydrogen-bond acceptors (Lipinski definition) is 5. The number of nitrogens with zero attached hydrogens (tertiary/aromatic N) is 6. The average molecular weight is 698 g/mol. The molecule has 9 rings (SSSR count). The molecular formula is C31H6BF11N6O. The van der Waals surface area contributed by atoms with Crippen molar-refractivity contribution >= 4 is 57.9 Å². The van der Waals surface area contributed by atoms with Gasteiger partial charge in [0.25, 0.3) is 0 Å². The standard InChI is InChI=1S/C31H6BF11N6O/c33-14-1-8-11(4-17(14)36)30-47-31-13-6-19(38)18(37)5-12(13)29-46-28-10-3-16(35)15(34)2-9(10)27(45-28)44-7-20(8)48(30)32(49(29)31)50-26-24(42)22(40)21(39)23(41)25(26)43/h1-6H. The van der Waals surface area contributed by atoms with Gasteiger partial charge in [0.15, 0.2) is 52.3 Å². The van der Waals surface area contributed by atoms with Crippen molar-refractivity contribution in [3.8, 4) is 5.75 Å². The SMILES string of the molecule is Fc1cc2c(cc1F)C1=Nc3c4cc(F)c(F)cc4c4n3B(Oc3c(F)c(F)c(F)c(F)c3F)n3c(c5cc(F)c(F)cc5c3=N4)=C=NC2=N1. The maximum absolute atomic E-state index is 15.2. The molecule has 0 aliphatic carbocycles. The molecule has 0 unspecified atom stereocenters. The largest absolute Gasteiger partial charge is 0.632 e. The molecule has 3 aliphatic rings. The van der Waals surface area contributed by atoms with Crippen LogP contribution < -0.4 is 15.5 Å². The molecule has 7 nitrogen and oxygen atoms in total. The molecule has 0 radical (unpaired) electrons. The van der Waals surface area contributed by atoms with Crippen molar-refractivity contribution in [1.82, 2.24) is 8.96 Å². The van der Waals surface area contributed by atoms with Gasteiger partial charge in [-0.3, -0.25) is 4.48 Å². The smallest absolute Gasteiger partial charge is 0.518 e. The van der Waals surface area contributed by atoms with Gasteiger partial charge in [-0.1, -0.05) is 0 Å². The zero-order chi connectivity index (χ0) is 35.1. The van der Waals surface area contributed by atoms with E-state index in [2.05, 4.69) is 25.8 Å². The van der Waals surface area contributed by atoms with Gasteiger partial charge >= 0.3 is 7.19 Å². The molecule has 19 heteroatoms. The minimum atomic E-state index is -2.51. The lowest BCUT2D eigenvalue weighted by Gasteiger charge is -2.23. The van der Waals surface area contributed by atoms with Crippen LogP contribution in [0.3, 0.4) is 0 Å². The van der Waals surface area contributed by atoms with Crippen LogP contribution in [0.2, 0.25) is 0 Å². The Balaban J connectivity index is 1.52. The first-order chi connectivity index (χ1) is 23.8. The molecule has 3 aliphatic heterocycles. The number of benzene rings is 4. The van der Waals surface area contributed by atoms with Crippen molar-refractivity contribution in [2.24, 2.45) is 20.0 Å². The van der Waals surface area contributed by atoms with Crippen molar-refractivity contribution in [3.63, 3.8) is 0 Å². The summed E-state index contributed by atoms with van der Waals surface area (Å²) >= 11 is 0. The summed E-state index contributed by atoms with van der Waals surface area (Å²) in [5, 5.41) is -1.51. The second kappa shape index (κ2) is 9.91. The fraction of sp³-hybridized carbons (Fsp3) is 0. The van der Waals surface area contributed by atoms with Crippen LogP contribution in [0, 0.1) is 64.0 Å². The lowest BCUT2D eigenvalue weighted by molar-refractivity contribution is 0.344. The third-order valence-corrected chi connectivity index (χ3v) is 8.30. The van der Waals surface area contributed by atoms with Crippen molar-refractivity contribution in [2.75, 3.05) is 0 Å². The van der Waals surface area contributed by atoms with E-state index in [9.17, 15) is 39.5 Å². The zero-order valence-corrected chi connectivity index (χ0v) is 23.8. The van der Waals surface area contributed by atoms with Crippen LogP contribution in [0.1, 0.15) is 11.1 Å². The van der Waals surface area contributed by atoms with Crippen LogP contribution in [-0.2, 0) is 0 Å². The summed E-state index contributed by atoms with van der Waals surface area (Å²) in [5.41, 5.74) is -0.733. The van der Waals surface area contributed by atoms with E-state index in [1.807, 2.05) is 0 Å². The fourth-order valence-electron chi connectivity index (χ4n) is 6.08. The molecule has 4 bridgehead atoms. The van der Waals surface area contributed by atoms with Crippen LogP contribution in [0.15, 0.2) is 56.4 Å². The highest BCUT2D eigenvalue weighted by Gasteiger charge is 2.42. The first-order valence-electron chi connectivity index (χ1n) is 13.9. The van der Waals surface area contributed by atoms with Crippen molar-refractivity contribution in [1.29, 1.82) is 0 Å². The molecule has 6 aromatic rings. The maximum Gasteiger partial charge on any atom is 0.632 e. The van der Waals surface area contributed by atoms with Gasteiger partial charge < -0.3 is 9.13 Å². The molecule has 50 heavy (non-hydrogen) atoms. The van der Waals surface area contributed by atoms with Crippen molar-refractivity contribution in [3.05, 3.63) is 122 Å². The van der Waals surface area contributed by atoms with Crippen molar-refractivity contribution < 1.29 is 52.9 Å². The Labute approximate surface area is 268 Å². The van der Waals surface area contributed by atoms with E-state index in [4.69, 9.17) is 4.65 Å². The second-order valence-electron chi connectivity index (χ2n) is 11.0. The molecule has 0 atom stereocenters.